The average molecular weight is 240 g/mol. The van der Waals surface area contributed by atoms with Gasteiger partial charge >= 0.3 is 5.97 Å². The summed E-state index contributed by atoms with van der Waals surface area (Å²) in [5, 5.41) is 8.94. The Morgan fingerprint density at radius 1 is 0.824 bits per heavy atom. The maximum atomic E-state index is 10.9. The Hall–Kier alpha value is -0.570. The van der Waals surface area contributed by atoms with Gasteiger partial charge < -0.3 is 9.84 Å². The third kappa shape index (κ3) is 3.98. The van der Waals surface area contributed by atoms with Crippen molar-refractivity contribution in [2.24, 2.45) is 5.92 Å². The summed E-state index contributed by atoms with van der Waals surface area (Å²) in [6, 6.07) is 0. The van der Waals surface area contributed by atoms with Gasteiger partial charge in [-0.05, 0) is 38.5 Å². The summed E-state index contributed by atoms with van der Waals surface area (Å²) in [7, 11) is 0. The maximum absolute atomic E-state index is 10.9. The largest absolute Gasteiger partial charge is 0.481 e. The van der Waals surface area contributed by atoms with Crippen LogP contribution in [0, 0.1) is 5.92 Å². The minimum absolute atomic E-state index is 0.121. The normalized spacial score (nSPS) is 32.0. The lowest BCUT2D eigenvalue weighted by molar-refractivity contribution is -0.144. The molecule has 0 unspecified atom stereocenters. The van der Waals surface area contributed by atoms with Crippen LogP contribution in [0.3, 0.4) is 0 Å². The van der Waals surface area contributed by atoms with Crippen molar-refractivity contribution in [3.8, 4) is 0 Å². The van der Waals surface area contributed by atoms with Crippen LogP contribution in [0.25, 0.3) is 0 Å². The zero-order valence-electron chi connectivity index (χ0n) is 10.6. The van der Waals surface area contributed by atoms with Gasteiger partial charge in [-0.3, -0.25) is 4.79 Å². The van der Waals surface area contributed by atoms with Gasteiger partial charge in [0.15, 0.2) is 0 Å². The van der Waals surface area contributed by atoms with Crippen LogP contribution in [0.15, 0.2) is 0 Å². The molecule has 0 aromatic rings. The molecule has 2 saturated carbocycles. The average Bonchev–Trinajstić information content (AvgIpc) is 2.58. The molecule has 0 heterocycles. The first-order chi connectivity index (χ1) is 8.25. The number of hydrogen-bond donors (Lipinski definition) is 1. The molecule has 0 spiro atoms. The summed E-state index contributed by atoms with van der Waals surface area (Å²) in [4.78, 5) is 10.9. The molecule has 1 N–H and O–H groups in total. The monoisotopic (exact) mass is 240 g/mol. The molecule has 2 fully saturated rings. The summed E-state index contributed by atoms with van der Waals surface area (Å²) in [6.45, 7) is 0. The van der Waals surface area contributed by atoms with Crippen LogP contribution in [0.1, 0.15) is 64.2 Å². The molecular weight excluding hydrogens is 216 g/mol. The fourth-order valence-corrected chi connectivity index (χ4v) is 3.10. The van der Waals surface area contributed by atoms with Crippen molar-refractivity contribution < 1.29 is 14.6 Å². The Kier molecular flexibility index (Phi) is 4.84. The van der Waals surface area contributed by atoms with Crippen molar-refractivity contribution >= 4 is 5.97 Å². The minimum atomic E-state index is -0.627. The van der Waals surface area contributed by atoms with E-state index < -0.39 is 5.97 Å². The van der Waals surface area contributed by atoms with Crippen molar-refractivity contribution in [2.75, 3.05) is 0 Å². The Bertz CT molecular complexity index is 236. The first-order valence-electron chi connectivity index (χ1n) is 7.14. The number of carboxylic acid groups (broad SMARTS) is 1. The molecule has 0 amide bonds. The molecule has 0 radical (unpaired) electrons. The molecule has 0 aliphatic heterocycles. The molecule has 3 nitrogen and oxygen atoms in total. The zero-order valence-corrected chi connectivity index (χ0v) is 10.6. The Morgan fingerprint density at radius 3 is 1.88 bits per heavy atom. The number of aliphatic carboxylic acids is 1. The molecule has 98 valence electrons. The molecule has 0 aromatic heterocycles. The predicted molar refractivity (Wildman–Crippen MR) is 66.0 cm³/mol. The third-order valence-electron chi connectivity index (χ3n) is 4.21. The molecule has 2 aliphatic carbocycles. The molecule has 0 bridgehead atoms. The summed E-state index contributed by atoms with van der Waals surface area (Å²) in [5.41, 5.74) is 0. The van der Waals surface area contributed by atoms with Crippen LogP contribution in [-0.4, -0.2) is 23.3 Å². The molecule has 17 heavy (non-hydrogen) atoms. The lowest BCUT2D eigenvalue weighted by atomic mass is 9.87. The summed E-state index contributed by atoms with van der Waals surface area (Å²) >= 11 is 0. The summed E-state index contributed by atoms with van der Waals surface area (Å²) < 4.78 is 6.15. The van der Waals surface area contributed by atoms with Gasteiger partial charge in [0.2, 0.25) is 0 Å². The maximum Gasteiger partial charge on any atom is 0.306 e. The SMILES string of the molecule is O=C(O)C1CCC(OC2CCCCCC2)CC1. The van der Waals surface area contributed by atoms with Gasteiger partial charge in [-0.1, -0.05) is 25.7 Å². The van der Waals surface area contributed by atoms with Gasteiger partial charge in [0.1, 0.15) is 0 Å². The van der Waals surface area contributed by atoms with Crippen LogP contribution in [0.2, 0.25) is 0 Å². The van der Waals surface area contributed by atoms with Crippen LogP contribution in [-0.2, 0) is 9.53 Å². The van der Waals surface area contributed by atoms with E-state index in [0.29, 0.717) is 12.2 Å². The standard InChI is InChI=1S/C14H24O3/c15-14(16)11-7-9-13(10-8-11)17-12-5-3-1-2-4-6-12/h11-13H,1-10H2,(H,15,16). The van der Waals surface area contributed by atoms with Crippen LogP contribution < -0.4 is 0 Å². The summed E-state index contributed by atoms with van der Waals surface area (Å²) in [6.07, 6.45) is 12.0. The second-order valence-electron chi connectivity index (χ2n) is 5.56. The van der Waals surface area contributed by atoms with Gasteiger partial charge in [0, 0.05) is 0 Å². The van der Waals surface area contributed by atoms with Gasteiger partial charge in [-0.25, -0.2) is 0 Å². The van der Waals surface area contributed by atoms with E-state index in [1.807, 2.05) is 0 Å². The van der Waals surface area contributed by atoms with Gasteiger partial charge in [-0.15, -0.1) is 0 Å². The van der Waals surface area contributed by atoms with E-state index in [1.165, 1.54) is 38.5 Å². The quantitative estimate of drug-likeness (QED) is 0.769. The highest BCUT2D eigenvalue weighted by Crippen LogP contribution is 2.29. The molecule has 0 aromatic carbocycles. The third-order valence-corrected chi connectivity index (χ3v) is 4.21. The van der Waals surface area contributed by atoms with Gasteiger partial charge in [0.25, 0.3) is 0 Å². The van der Waals surface area contributed by atoms with E-state index in [2.05, 4.69) is 0 Å². The minimum Gasteiger partial charge on any atom is -0.481 e. The summed E-state index contributed by atoms with van der Waals surface area (Å²) in [5.74, 6) is -0.748. The number of hydrogen-bond acceptors (Lipinski definition) is 2. The fourth-order valence-electron chi connectivity index (χ4n) is 3.10. The van der Waals surface area contributed by atoms with Crippen molar-refractivity contribution in [3.63, 3.8) is 0 Å². The van der Waals surface area contributed by atoms with Gasteiger partial charge in [-0.2, -0.15) is 0 Å². The number of carboxylic acids is 1. The highest BCUT2D eigenvalue weighted by atomic mass is 16.5. The molecular formula is C14H24O3. The number of carbonyl (C=O) groups is 1. The highest BCUT2D eigenvalue weighted by Gasteiger charge is 2.28. The highest BCUT2D eigenvalue weighted by molar-refractivity contribution is 5.70. The number of rotatable bonds is 3. The van der Waals surface area contributed by atoms with E-state index in [4.69, 9.17) is 9.84 Å². The predicted octanol–water partition coefficient (Wildman–Crippen LogP) is 3.37. The Balaban J connectivity index is 1.71. The Labute approximate surface area is 104 Å². The second-order valence-corrected chi connectivity index (χ2v) is 5.56. The smallest absolute Gasteiger partial charge is 0.306 e. The van der Waals surface area contributed by atoms with E-state index in [-0.39, 0.29) is 5.92 Å². The fraction of sp³-hybridized carbons (Fsp3) is 0.929. The van der Waals surface area contributed by atoms with E-state index in [1.54, 1.807) is 0 Å². The van der Waals surface area contributed by atoms with E-state index in [0.717, 1.165) is 25.7 Å². The van der Waals surface area contributed by atoms with Crippen molar-refractivity contribution in [1.29, 1.82) is 0 Å². The number of ether oxygens (including phenoxy) is 1. The van der Waals surface area contributed by atoms with Crippen molar-refractivity contribution in [2.45, 2.75) is 76.4 Å². The lowest BCUT2D eigenvalue weighted by Crippen LogP contribution is -2.29. The van der Waals surface area contributed by atoms with Crippen LogP contribution in [0.5, 0.6) is 0 Å². The van der Waals surface area contributed by atoms with Gasteiger partial charge in [0.05, 0.1) is 18.1 Å². The van der Waals surface area contributed by atoms with E-state index >= 15 is 0 Å². The van der Waals surface area contributed by atoms with Crippen LogP contribution >= 0.6 is 0 Å². The van der Waals surface area contributed by atoms with Crippen molar-refractivity contribution in [1.82, 2.24) is 0 Å². The van der Waals surface area contributed by atoms with Crippen molar-refractivity contribution in [3.05, 3.63) is 0 Å². The lowest BCUT2D eigenvalue weighted by Gasteiger charge is -2.29. The molecule has 0 atom stereocenters. The van der Waals surface area contributed by atoms with Crippen LogP contribution in [0.4, 0.5) is 0 Å². The topological polar surface area (TPSA) is 46.5 Å². The molecule has 2 rings (SSSR count). The first kappa shape index (κ1) is 12.9. The zero-order chi connectivity index (χ0) is 12.1. The van der Waals surface area contributed by atoms with E-state index in [9.17, 15) is 4.79 Å². The first-order valence-corrected chi connectivity index (χ1v) is 7.14. The second kappa shape index (κ2) is 6.39. The molecule has 2 aliphatic rings. The Morgan fingerprint density at radius 2 is 1.35 bits per heavy atom. The molecule has 0 saturated heterocycles. The molecule has 3 heteroatoms.